The quantitative estimate of drug-likeness (QED) is 0.615. The lowest BCUT2D eigenvalue weighted by Gasteiger charge is -1.95. The van der Waals surface area contributed by atoms with Gasteiger partial charge in [0, 0.05) is 12.4 Å². The van der Waals surface area contributed by atoms with E-state index in [0.717, 1.165) is 10.9 Å². The molecule has 2 rings (SSSR count). The van der Waals surface area contributed by atoms with Crippen molar-refractivity contribution in [2.75, 3.05) is 0 Å². The molecule has 1 heterocycles. The van der Waals surface area contributed by atoms with E-state index >= 15 is 0 Å². The van der Waals surface area contributed by atoms with Crippen LogP contribution in [0.5, 0.6) is 0 Å². The molecule has 0 fully saturated rings. The van der Waals surface area contributed by atoms with Crippen molar-refractivity contribution in [1.82, 2.24) is 9.78 Å². The van der Waals surface area contributed by atoms with Gasteiger partial charge >= 0.3 is 0 Å². The Balaban J connectivity index is 2.87. The lowest BCUT2D eigenvalue weighted by atomic mass is 10.2. The van der Waals surface area contributed by atoms with Crippen molar-refractivity contribution in [2.45, 2.75) is 0 Å². The summed E-state index contributed by atoms with van der Waals surface area (Å²) in [7, 11) is 1.79. The molecule has 62 valence electrons. The predicted octanol–water partition coefficient (Wildman–Crippen LogP) is 2.37. The van der Waals surface area contributed by atoms with Gasteiger partial charge in [0.05, 0.1) is 16.7 Å². The molecule has 0 N–H and O–H groups in total. The fourth-order valence-electron chi connectivity index (χ4n) is 1.15. The summed E-state index contributed by atoms with van der Waals surface area (Å²) in [6.45, 7) is 0. The Morgan fingerprint density at radius 2 is 2.25 bits per heavy atom. The van der Waals surface area contributed by atoms with Crippen LogP contribution in [0.25, 0.3) is 10.9 Å². The molecule has 0 amide bonds. The van der Waals surface area contributed by atoms with Gasteiger partial charge < -0.3 is 0 Å². The minimum absolute atomic E-state index is 0.131. The van der Waals surface area contributed by atoms with E-state index in [-0.39, 0.29) is 5.02 Å². The van der Waals surface area contributed by atoms with Crippen LogP contribution in [0.4, 0.5) is 4.39 Å². The molecule has 0 aliphatic rings. The molecule has 0 aliphatic heterocycles. The van der Waals surface area contributed by atoms with Crippen molar-refractivity contribution in [3.63, 3.8) is 0 Å². The number of hydrogen-bond acceptors (Lipinski definition) is 1. The molecule has 0 saturated heterocycles. The van der Waals surface area contributed by atoms with Crippen LogP contribution < -0.4 is 0 Å². The topological polar surface area (TPSA) is 17.8 Å². The Kier molecular flexibility index (Phi) is 1.54. The highest BCUT2D eigenvalue weighted by Gasteiger charge is 2.04. The summed E-state index contributed by atoms with van der Waals surface area (Å²) in [5.74, 6) is -0.405. The molecule has 1 aromatic carbocycles. The summed E-state index contributed by atoms with van der Waals surface area (Å²) >= 11 is 5.60. The standard InChI is InChI=1S/C8H6ClFN2/c1-12-8-3-6(9)7(10)2-5(8)4-11-12/h2-4H,1H3. The number of nitrogens with zero attached hydrogens (tertiary/aromatic N) is 2. The largest absolute Gasteiger partial charge is 0.268 e. The van der Waals surface area contributed by atoms with Gasteiger partial charge in [-0.15, -0.1) is 0 Å². The van der Waals surface area contributed by atoms with Crippen LogP contribution in [0.15, 0.2) is 18.3 Å². The van der Waals surface area contributed by atoms with Gasteiger partial charge in [-0.25, -0.2) is 4.39 Å². The fourth-order valence-corrected chi connectivity index (χ4v) is 1.30. The lowest BCUT2D eigenvalue weighted by Crippen LogP contribution is -1.88. The first kappa shape index (κ1) is 7.55. The maximum Gasteiger partial charge on any atom is 0.142 e. The number of benzene rings is 1. The van der Waals surface area contributed by atoms with Gasteiger partial charge in [0.1, 0.15) is 5.82 Å². The van der Waals surface area contributed by atoms with E-state index in [4.69, 9.17) is 11.6 Å². The van der Waals surface area contributed by atoms with E-state index < -0.39 is 5.82 Å². The first-order valence-electron chi connectivity index (χ1n) is 3.45. The average molecular weight is 185 g/mol. The minimum Gasteiger partial charge on any atom is -0.268 e. The molecule has 0 atom stereocenters. The summed E-state index contributed by atoms with van der Waals surface area (Å²) in [5, 5.41) is 4.86. The normalized spacial score (nSPS) is 10.9. The number of hydrogen-bond donors (Lipinski definition) is 0. The molecule has 1 aromatic heterocycles. The van der Waals surface area contributed by atoms with E-state index in [1.54, 1.807) is 24.0 Å². The highest BCUT2D eigenvalue weighted by molar-refractivity contribution is 6.31. The zero-order valence-electron chi connectivity index (χ0n) is 6.38. The first-order chi connectivity index (χ1) is 5.68. The van der Waals surface area contributed by atoms with Crippen LogP contribution in [-0.2, 0) is 7.05 Å². The smallest absolute Gasteiger partial charge is 0.142 e. The number of aryl methyl sites for hydroxylation is 1. The summed E-state index contributed by atoms with van der Waals surface area (Å²) in [6, 6.07) is 2.95. The molecule has 0 bridgehead atoms. The van der Waals surface area contributed by atoms with Crippen molar-refractivity contribution < 1.29 is 4.39 Å². The molecule has 4 heteroatoms. The SMILES string of the molecule is Cn1ncc2cc(F)c(Cl)cc21. The van der Waals surface area contributed by atoms with E-state index in [1.165, 1.54) is 6.07 Å². The van der Waals surface area contributed by atoms with Crippen LogP contribution in [0, 0.1) is 5.82 Å². The monoisotopic (exact) mass is 184 g/mol. The Labute approximate surface area is 73.6 Å². The Bertz CT molecular complexity index is 436. The van der Waals surface area contributed by atoms with Gasteiger partial charge in [0.25, 0.3) is 0 Å². The van der Waals surface area contributed by atoms with Gasteiger partial charge in [-0.05, 0) is 12.1 Å². The van der Waals surface area contributed by atoms with Gasteiger partial charge in [-0.1, -0.05) is 11.6 Å². The maximum atomic E-state index is 12.9. The molecule has 0 unspecified atom stereocenters. The summed E-state index contributed by atoms with van der Waals surface area (Å²) < 4.78 is 14.5. The number of aromatic nitrogens is 2. The maximum absolute atomic E-state index is 12.9. The molecule has 12 heavy (non-hydrogen) atoms. The van der Waals surface area contributed by atoms with Crippen LogP contribution in [0.2, 0.25) is 5.02 Å². The zero-order chi connectivity index (χ0) is 8.72. The lowest BCUT2D eigenvalue weighted by molar-refractivity contribution is 0.630. The second kappa shape index (κ2) is 2.45. The van der Waals surface area contributed by atoms with Gasteiger partial charge in [-0.2, -0.15) is 5.10 Å². The van der Waals surface area contributed by atoms with Crippen molar-refractivity contribution in [3.05, 3.63) is 29.2 Å². The summed E-state index contributed by atoms with van der Waals surface area (Å²) in [5.41, 5.74) is 0.835. The van der Waals surface area contributed by atoms with Crippen LogP contribution in [0.3, 0.4) is 0 Å². The first-order valence-corrected chi connectivity index (χ1v) is 3.83. The third-order valence-corrected chi connectivity index (χ3v) is 2.08. The molecule has 0 saturated carbocycles. The van der Waals surface area contributed by atoms with Crippen LogP contribution in [-0.4, -0.2) is 9.78 Å². The Morgan fingerprint density at radius 3 is 3.00 bits per heavy atom. The second-order valence-corrected chi connectivity index (χ2v) is 3.00. The second-order valence-electron chi connectivity index (χ2n) is 2.59. The van der Waals surface area contributed by atoms with E-state index in [2.05, 4.69) is 5.10 Å². The third-order valence-electron chi connectivity index (χ3n) is 1.79. The fraction of sp³-hybridized carbons (Fsp3) is 0.125. The summed E-state index contributed by atoms with van der Waals surface area (Å²) in [6.07, 6.45) is 1.61. The van der Waals surface area contributed by atoms with Crippen molar-refractivity contribution in [3.8, 4) is 0 Å². The van der Waals surface area contributed by atoms with Gasteiger partial charge in [0.15, 0.2) is 0 Å². The van der Waals surface area contributed by atoms with Gasteiger partial charge in [0.2, 0.25) is 0 Å². The van der Waals surface area contributed by atoms with Crippen molar-refractivity contribution in [2.24, 2.45) is 7.05 Å². The Morgan fingerprint density at radius 1 is 1.50 bits per heavy atom. The van der Waals surface area contributed by atoms with Crippen molar-refractivity contribution in [1.29, 1.82) is 0 Å². The number of fused-ring (bicyclic) bond motifs is 1. The molecular formula is C8H6ClFN2. The average Bonchev–Trinajstić information content (AvgIpc) is 2.35. The van der Waals surface area contributed by atoms with E-state index in [9.17, 15) is 4.39 Å². The third kappa shape index (κ3) is 0.975. The molecule has 0 radical (unpaired) electrons. The Hall–Kier alpha value is -1.09. The molecule has 0 spiro atoms. The minimum atomic E-state index is -0.405. The molecule has 2 aromatic rings. The molecular weight excluding hydrogens is 179 g/mol. The van der Waals surface area contributed by atoms with E-state index in [1.807, 2.05) is 0 Å². The highest BCUT2D eigenvalue weighted by Crippen LogP contribution is 2.21. The summed E-state index contributed by atoms with van der Waals surface area (Å²) in [4.78, 5) is 0. The number of rotatable bonds is 0. The van der Waals surface area contributed by atoms with Crippen molar-refractivity contribution >= 4 is 22.5 Å². The molecule has 0 aliphatic carbocycles. The van der Waals surface area contributed by atoms with E-state index in [0.29, 0.717) is 0 Å². The molecule has 2 nitrogen and oxygen atoms in total. The predicted molar refractivity (Wildman–Crippen MR) is 45.7 cm³/mol. The highest BCUT2D eigenvalue weighted by atomic mass is 35.5. The van der Waals surface area contributed by atoms with Crippen LogP contribution in [0.1, 0.15) is 0 Å². The zero-order valence-corrected chi connectivity index (χ0v) is 7.14. The number of halogens is 2. The van der Waals surface area contributed by atoms with Gasteiger partial charge in [-0.3, -0.25) is 4.68 Å². The van der Waals surface area contributed by atoms with Crippen LogP contribution >= 0.6 is 11.6 Å².